The molecule has 0 unspecified atom stereocenters. The Hall–Kier alpha value is -1.12. The van der Waals surface area contributed by atoms with E-state index in [1.54, 1.807) is 0 Å². The topological polar surface area (TPSA) is 66.4 Å². The van der Waals surface area contributed by atoms with Crippen molar-refractivity contribution in [2.45, 2.75) is 42.8 Å². The van der Waals surface area contributed by atoms with Gasteiger partial charge in [0.2, 0.25) is 10.0 Å². The molecule has 0 saturated heterocycles. The highest BCUT2D eigenvalue weighted by molar-refractivity contribution is 7.89. The zero-order valence-electron chi connectivity index (χ0n) is 11.4. The van der Waals surface area contributed by atoms with Crippen LogP contribution in [0.1, 0.15) is 30.4 Å². The maximum absolute atomic E-state index is 12.8. The largest absolute Gasteiger partial charge is 0.416 e. The van der Waals surface area contributed by atoms with Gasteiger partial charge in [0.25, 0.3) is 0 Å². The lowest BCUT2D eigenvalue weighted by atomic mass is 9.78. The third-order valence-electron chi connectivity index (χ3n) is 3.84. The number of benzene rings is 1. The number of nitrogens with one attached hydrogen (secondary N) is 1. The molecule has 2 N–H and O–H groups in total. The minimum absolute atomic E-state index is 0.343. The summed E-state index contributed by atoms with van der Waals surface area (Å²) in [6, 6.07) is 3.05. The molecule has 1 aliphatic rings. The fraction of sp³-hybridized carbons (Fsp3) is 0.538. The number of hydrogen-bond donors (Lipinski definition) is 2. The monoisotopic (exact) mass is 323 g/mol. The quantitative estimate of drug-likeness (QED) is 0.893. The van der Waals surface area contributed by atoms with Crippen molar-refractivity contribution in [2.24, 2.45) is 0 Å². The average Bonchev–Trinajstić information content (AvgIpc) is 2.32. The van der Waals surface area contributed by atoms with E-state index in [-0.39, 0.29) is 12.2 Å². The second-order valence-corrected chi connectivity index (χ2v) is 6.97. The SMILES string of the molecule is Cc1c(C(F)(F)F)cccc1S(=O)(=O)NC1(CO)CCC1. The average molecular weight is 323 g/mol. The molecule has 0 heterocycles. The maximum Gasteiger partial charge on any atom is 0.416 e. The normalized spacial score (nSPS) is 18.3. The predicted octanol–water partition coefficient (Wildman–Crippen LogP) is 2.21. The Labute approximate surface area is 121 Å². The van der Waals surface area contributed by atoms with Crippen LogP contribution in [0.4, 0.5) is 13.2 Å². The summed E-state index contributed by atoms with van der Waals surface area (Å²) in [6.45, 7) is 0.758. The van der Waals surface area contributed by atoms with E-state index >= 15 is 0 Å². The second-order valence-electron chi connectivity index (χ2n) is 5.32. The van der Waals surface area contributed by atoms with Crippen LogP contribution in [0.15, 0.2) is 23.1 Å². The predicted molar refractivity (Wildman–Crippen MR) is 70.2 cm³/mol. The van der Waals surface area contributed by atoms with E-state index in [0.29, 0.717) is 12.8 Å². The van der Waals surface area contributed by atoms with Crippen molar-refractivity contribution in [2.75, 3.05) is 6.61 Å². The Bertz CT molecular complexity index is 631. The van der Waals surface area contributed by atoms with Gasteiger partial charge in [-0.25, -0.2) is 13.1 Å². The zero-order valence-corrected chi connectivity index (χ0v) is 12.2. The third kappa shape index (κ3) is 3.07. The van der Waals surface area contributed by atoms with Crippen LogP contribution in [0, 0.1) is 6.92 Å². The molecular weight excluding hydrogens is 307 g/mol. The fourth-order valence-electron chi connectivity index (χ4n) is 2.45. The van der Waals surface area contributed by atoms with Gasteiger partial charge in [-0.05, 0) is 43.9 Å². The van der Waals surface area contributed by atoms with Crippen LogP contribution in [-0.4, -0.2) is 25.7 Å². The molecule has 0 bridgehead atoms. The minimum Gasteiger partial charge on any atom is -0.394 e. The molecule has 0 atom stereocenters. The van der Waals surface area contributed by atoms with Gasteiger partial charge in [-0.15, -0.1) is 0 Å². The standard InChI is InChI=1S/C13H16F3NO3S/c1-9-10(13(14,15)16)4-2-5-11(9)21(19,20)17-12(8-18)6-3-7-12/h2,4-5,17-18H,3,6-8H2,1H3. The summed E-state index contributed by atoms with van der Waals surface area (Å²) in [4.78, 5) is -0.406. The van der Waals surface area contributed by atoms with Gasteiger partial charge < -0.3 is 5.11 Å². The van der Waals surface area contributed by atoms with Gasteiger partial charge in [-0.3, -0.25) is 0 Å². The molecule has 21 heavy (non-hydrogen) atoms. The number of aliphatic hydroxyl groups excluding tert-OH is 1. The summed E-state index contributed by atoms with van der Waals surface area (Å²) in [6.07, 6.45) is -2.90. The fourth-order valence-corrected chi connectivity index (χ4v) is 4.17. The Morgan fingerprint density at radius 2 is 1.95 bits per heavy atom. The van der Waals surface area contributed by atoms with E-state index in [4.69, 9.17) is 0 Å². The molecule has 118 valence electrons. The molecule has 1 fully saturated rings. The van der Waals surface area contributed by atoms with Gasteiger partial charge in [0, 0.05) is 0 Å². The molecule has 1 saturated carbocycles. The van der Waals surface area contributed by atoms with Crippen LogP contribution in [0.2, 0.25) is 0 Å². The minimum atomic E-state index is -4.61. The lowest BCUT2D eigenvalue weighted by molar-refractivity contribution is -0.138. The molecule has 1 aromatic carbocycles. The van der Waals surface area contributed by atoms with Crippen LogP contribution in [0.3, 0.4) is 0 Å². The second kappa shape index (κ2) is 5.26. The van der Waals surface area contributed by atoms with Crippen molar-refractivity contribution in [3.8, 4) is 0 Å². The van der Waals surface area contributed by atoms with Gasteiger partial charge in [0.1, 0.15) is 0 Å². The molecular formula is C13H16F3NO3S. The summed E-state index contributed by atoms with van der Waals surface area (Å²) in [5, 5.41) is 9.29. The Balaban J connectivity index is 2.42. The third-order valence-corrected chi connectivity index (χ3v) is 5.57. The molecule has 8 heteroatoms. The number of hydrogen-bond acceptors (Lipinski definition) is 3. The van der Waals surface area contributed by atoms with Crippen LogP contribution < -0.4 is 4.72 Å². The first-order valence-corrected chi connectivity index (χ1v) is 7.91. The first kappa shape index (κ1) is 16.3. The lowest BCUT2D eigenvalue weighted by Crippen LogP contribution is -2.56. The van der Waals surface area contributed by atoms with E-state index in [1.165, 1.54) is 0 Å². The first-order chi connectivity index (χ1) is 9.61. The number of rotatable bonds is 4. The van der Waals surface area contributed by atoms with E-state index in [0.717, 1.165) is 31.5 Å². The van der Waals surface area contributed by atoms with E-state index in [9.17, 15) is 26.7 Å². The highest BCUT2D eigenvalue weighted by atomic mass is 32.2. The highest BCUT2D eigenvalue weighted by Gasteiger charge is 2.41. The summed E-state index contributed by atoms with van der Waals surface area (Å²) in [7, 11) is -4.11. The first-order valence-electron chi connectivity index (χ1n) is 6.43. The van der Waals surface area contributed by atoms with Crippen LogP contribution in [0.25, 0.3) is 0 Å². The molecule has 1 aromatic rings. The summed E-state index contributed by atoms with van der Waals surface area (Å²) >= 11 is 0. The molecule has 2 rings (SSSR count). The smallest absolute Gasteiger partial charge is 0.394 e. The van der Waals surface area contributed by atoms with Gasteiger partial charge in [0.15, 0.2) is 0 Å². The van der Waals surface area contributed by atoms with Gasteiger partial charge in [0.05, 0.1) is 22.6 Å². The summed E-state index contributed by atoms with van der Waals surface area (Å²) in [5.41, 5.74) is -2.26. The molecule has 0 amide bonds. The van der Waals surface area contributed by atoms with E-state index in [1.807, 2.05) is 0 Å². The van der Waals surface area contributed by atoms with Crippen molar-refractivity contribution >= 4 is 10.0 Å². The molecule has 0 radical (unpaired) electrons. The molecule has 0 aliphatic heterocycles. The maximum atomic E-state index is 12.8. The van der Waals surface area contributed by atoms with Crippen molar-refractivity contribution in [3.05, 3.63) is 29.3 Å². The zero-order chi connectivity index (χ0) is 15.9. The van der Waals surface area contributed by atoms with Crippen molar-refractivity contribution in [1.29, 1.82) is 0 Å². The van der Waals surface area contributed by atoms with Crippen LogP contribution in [-0.2, 0) is 16.2 Å². The van der Waals surface area contributed by atoms with Gasteiger partial charge >= 0.3 is 6.18 Å². The summed E-state index contributed by atoms with van der Waals surface area (Å²) in [5.74, 6) is 0. The highest BCUT2D eigenvalue weighted by Crippen LogP contribution is 2.36. The Morgan fingerprint density at radius 1 is 1.33 bits per heavy atom. The van der Waals surface area contributed by atoms with Crippen molar-refractivity contribution in [3.63, 3.8) is 0 Å². The van der Waals surface area contributed by atoms with Crippen molar-refractivity contribution in [1.82, 2.24) is 4.72 Å². The lowest BCUT2D eigenvalue weighted by Gasteiger charge is -2.40. The van der Waals surface area contributed by atoms with Crippen LogP contribution in [0.5, 0.6) is 0 Å². The number of halogens is 3. The van der Waals surface area contributed by atoms with Crippen LogP contribution >= 0.6 is 0 Å². The van der Waals surface area contributed by atoms with Gasteiger partial charge in [-0.2, -0.15) is 13.2 Å². The van der Waals surface area contributed by atoms with Gasteiger partial charge in [-0.1, -0.05) is 6.07 Å². The van der Waals surface area contributed by atoms with E-state index in [2.05, 4.69) is 4.72 Å². The molecule has 0 spiro atoms. The molecule has 0 aromatic heterocycles. The molecule has 4 nitrogen and oxygen atoms in total. The number of alkyl halides is 3. The number of aliphatic hydroxyl groups is 1. The van der Waals surface area contributed by atoms with E-state index < -0.39 is 32.2 Å². The molecule has 1 aliphatic carbocycles. The van der Waals surface area contributed by atoms with Crippen molar-refractivity contribution < 1.29 is 26.7 Å². The Morgan fingerprint density at radius 3 is 2.38 bits per heavy atom. The number of sulfonamides is 1. The summed E-state index contributed by atoms with van der Waals surface area (Å²) < 4.78 is 65.5. The Kier molecular flexibility index (Phi) is 4.07.